The SMILES string of the molecule is CCS[C@@H]1O[C@@H]2COC(c3ccccc3)O[C@H]2[C@H](N=[N+]=[N-])[C@@H]1N=[N+]=[N-]. The number of rotatable bonds is 5. The van der Waals surface area contributed by atoms with Crippen molar-refractivity contribution in [2.45, 2.75) is 42.9 Å². The molecule has 0 saturated carbocycles. The van der Waals surface area contributed by atoms with Gasteiger partial charge in [0.05, 0.1) is 24.8 Å². The summed E-state index contributed by atoms with van der Waals surface area (Å²) in [6.45, 7) is 2.29. The van der Waals surface area contributed by atoms with Crippen LogP contribution in [0.15, 0.2) is 40.6 Å². The second kappa shape index (κ2) is 8.44. The van der Waals surface area contributed by atoms with E-state index in [-0.39, 0.29) is 6.10 Å². The van der Waals surface area contributed by atoms with Crippen LogP contribution in [0.1, 0.15) is 18.8 Å². The van der Waals surface area contributed by atoms with E-state index in [1.165, 1.54) is 11.8 Å². The molecule has 2 aliphatic rings. The van der Waals surface area contributed by atoms with E-state index >= 15 is 0 Å². The lowest BCUT2D eigenvalue weighted by molar-refractivity contribution is -0.286. The van der Waals surface area contributed by atoms with E-state index in [0.29, 0.717) is 6.61 Å². The lowest BCUT2D eigenvalue weighted by Crippen LogP contribution is -2.59. The maximum atomic E-state index is 8.98. The van der Waals surface area contributed by atoms with Crippen molar-refractivity contribution in [2.75, 3.05) is 12.4 Å². The van der Waals surface area contributed by atoms with Gasteiger partial charge in [-0.1, -0.05) is 47.5 Å². The Morgan fingerprint density at radius 3 is 2.52 bits per heavy atom. The van der Waals surface area contributed by atoms with Crippen molar-refractivity contribution < 1.29 is 14.2 Å². The summed E-state index contributed by atoms with van der Waals surface area (Å²) in [7, 11) is 0. The molecule has 2 aliphatic heterocycles. The molecule has 0 aliphatic carbocycles. The number of ether oxygens (including phenoxy) is 3. The molecule has 6 atom stereocenters. The van der Waals surface area contributed by atoms with Gasteiger partial charge in [-0.3, -0.25) is 0 Å². The van der Waals surface area contributed by atoms with Gasteiger partial charge >= 0.3 is 0 Å². The molecule has 1 aromatic carbocycles. The van der Waals surface area contributed by atoms with Crippen molar-refractivity contribution in [1.82, 2.24) is 0 Å². The Hall–Kier alpha value is -1.93. The molecule has 132 valence electrons. The molecule has 1 aromatic rings. The summed E-state index contributed by atoms with van der Waals surface area (Å²) in [5, 5.41) is 7.69. The largest absolute Gasteiger partial charge is 0.359 e. The zero-order chi connectivity index (χ0) is 17.6. The Morgan fingerprint density at radius 1 is 1.12 bits per heavy atom. The standard InChI is InChI=1S/C15H18N6O3S/c1-2-25-15-12(19-21-17)11(18-20-16)13-10(23-15)8-22-14(24-13)9-6-4-3-5-7-9/h3-7,10-15H,2,8H2,1H3/t10-,11-,12+,13-,14?,15+/m1/s1. The van der Waals surface area contributed by atoms with Gasteiger partial charge in [0.15, 0.2) is 6.29 Å². The van der Waals surface area contributed by atoms with Gasteiger partial charge in [-0.25, -0.2) is 0 Å². The van der Waals surface area contributed by atoms with Crippen molar-refractivity contribution in [3.05, 3.63) is 56.8 Å². The topological polar surface area (TPSA) is 125 Å². The fourth-order valence-corrected chi connectivity index (χ4v) is 4.00. The van der Waals surface area contributed by atoms with Gasteiger partial charge in [0.1, 0.15) is 11.5 Å². The second-order valence-electron chi connectivity index (χ2n) is 5.57. The van der Waals surface area contributed by atoms with E-state index in [1.807, 2.05) is 37.3 Å². The van der Waals surface area contributed by atoms with Crippen LogP contribution in [-0.4, -0.2) is 42.1 Å². The van der Waals surface area contributed by atoms with Gasteiger partial charge in [0.25, 0.3) is 0 Å². The first-order valence-corrected chi connectivity index (χ1v) is 9.00. The van der Waals surface area contributed by atoms with E-state index in [0.717, 1.165) is 11.3 Å². The Morgan fingerprint density at radius 2 is 1.84 bits per heavy atom. The molecule has 2 saturated heterocycles. The molecule has 0 bridgehead atoms. The lowest BCUT2D eigenvalue weighted by atomic mass is 9.95. The van der Waals surface area contributed by atoms with E-state index < -0.39 is 29.9 Å². The van der Waals surface area contributed by atoms with E-state index in [4.69, 9.17) is 25.3 Å². The molecule has 2 heterocycles. The molecule has 0 spiro atoms. The number of hydrogen-bond acceptors (Lipinski definition) is 6. The van der Waals surface area contributed by atoms with Crippen LogP contribution in [-0.2, 0) is 14.2 Å². The smallest absolute Gasteiger partial charge is 0.184 e. The van der Waals surface area contributed by atoms with Crippen LogP contribution in [0.4, 0.5) is 0 Å². The van der Waals surface area contributed by atoms with E-state index in [2.05, 4.69) is 20.1 Å². The van der Waals surface area contributed by atoms with Crippen LogP contribution in [0.25, 0.3) is 20.9 Å². The molecular formula is C15H18N6O3S. The molecular weight excluding hydrogens is 344 g/mol. The molecule has 1 unspecified atom stereocenters. The summed E-state index contributed by atoms with van der Waals surface area (Å²) in [5.41, 5.74) is 18.4. The maximum Gasteiger partial charge on any atom is 0.184 e. The summed E-state index contributed by atoms with van der Waals surface area (Å²) in [5.74, 6) is 0.775. The summed E-state index contributed by atoms with van der Waals surface area (Å²) >= 11 is 1.50. The second-order valence-corrected chi connectivity index (χ2v) is 6.94. The number of thioether (sulfide) groups is 1. The number of hydrogen-bond donors (Lipinski definition) is 0. The third-order valence-electron chi connectivity index (χ3n) is 4.11. The van der Waals surface area contributed by atoms with Gasteiger partial charge in [0, 0.05) is 15.4 Å². The molecule has 9 nitrogen and oxygen atoms in total. The lowest BCUT2D eigenvalue weighted by Gasteiger charge is -2.47. The highest BCUT2D eigenvalue weighted by Crippen LogP contribution is 2.39. The predicted molar refractivity (Wildman–Crippen MR) is 92.7 cm³/mol. The minimum absolute atomic E-state index is 0.311. The Kier molecular flexibility index (Phi) is 6.04. The van der Waals surface area contributed by atoms with E-state index in [9.17, 15) is 0 Å². The number of benzene rings is 1. The first-order valence-electron chi connectivity index (χ1n) is 7.96. The van der Waals surface area contributed by atoms with Crippen LogP contribution in [0.5, 0.6) is 0 Å². The summed E-state index contributed by atoms with van der Waals surface area (Å²) in [4.78, 5) is 5.83. The highest BCUT2D eigenvalue weighted by atomic mass is 32.2. The quantitative estimate of drug-likeness (QED) is 0.447. The highest BCUT2D eigenvalue weighted by molar-refractivity contribution is 7.99. The molecule has 0 amide bonds. The molecule has 0 aromatic heterocycles. The van der Waals surface area contributed by atoms with Gasteiger partial charge in [-0.05, 0) is 16.8 Å². The van der Waals surface area contributed by atoms with Crippen LogP contribution in [0, 0.1) is 0 Å². The summed E-state index contributed by atoms with van der Waals surface area (Å²) < 4.78 is 17.8. The number of fused-ring (bicyclic) bond motifs is 1. The summed E-state index contributed by atoms with van der Waals surface area (Å²) in [6.07, 6.45) is -1.51. The monoisotopic (exact) mass is 362 g/mol. The normalized spacial score (nSPS) is 34.3. The summed E-state index contributed by atoms with van der Waals surface area (Å²) in [6, 6.07) is 8.21. The average Bonchev–Trinajstić information content (AvgIpc) is 2.65. The van der Waals surface area contributed by atoms with Crippen molar-refractivity contribution in [2.24, 2.45) is 10.2 Å². The molecule has 0 radical (unpaired) electrons. The molecule has 10 heteroatoms. The zero-order valence-corrected chi connectivity index (χ0v) is 14.4. The van der Waals surface area contributed by atoms with Crippen molar-refractivity contribution in [3.8, 4) is 0 Å². The predicted octanol–water partition coefficient (Wildman–Crippen LogP) is 3.94. The van der Waals surface area contributed by atoms with Crippen LogP contribution < -0.4 is 0 Å². The van der Waals surface area contributed by atoms with E-state index in [1.54, 1.807) is 0 Å². The van der Waals surface area contributed by atoms with Gasteiger partial charge in [-0.15, -0.1) is 11.8 Å². The third-order valence-corrected chi connectivity index (χ3v) is 5.16. The number of azide groups is 2. The zero-order valence-electron chi connectivity index (χ0n) is 13.6. The Balaban J connectivity index is 1.87. The van der Waals surface area contributed by atoms with Crippen molar-refractivity contribution in [3.63, 3.8) is 0 Å². The average molecular weight is 362 g/mol. The third kappa shape index (κ3) is 3.85. The minimum Gasteiger partial charge on any atom is -0.359 e. The fourth-order valence-electron chi connectivity index (χ4n) is 3.04. The van der Waals surface area contributed by atoms with Crippen LogP contribution >= 0.6 is 11.8 Å². The Labute approximate surface area is 148 Å². The molecule has 3 rings (SSSR count). The van der Waals surface area contributed by atoms with Crippen molar-refractivity contribution in [1.29, 1.82) is 0 Å². The highest BCUT2D eigenvalue weighted by Gasteiger charge is 2.49. The minimum atomic E-state index is -0.654. The van der Waals surface area contributed by atoms with Crippen LogP contribution in [0.3, 0.4) is 0 Å². The Bertz CT molecular complexity index is 679. The fraction of sp³-hybridized carbons (Fsp3) is 0.600. The molecule has 0 N–H and O–H groups in total. The first kappa shape index (κ1) is 17.9. The van der Waals surface area contributed by atoms with Gasteiger partial charge in [0.2, 0.25) is 0 Å². The number of nitrogens with zero attached hydrogens (tertiary/aromatic N) is 6. The van der Waals surface area contributed by atoms with Crippen LogP contribution in [0.2, 0.25) is 0 Å². The first-order chi connectivity index (χ1) is 12.3. The van der Waals surface area contributed by atoms with Gasteiger partial charge in [-0.2, -0.15) is 0 Å². The molecule has 25 heavy (non-hydrogen) atoms. The van der Waals surface area contributed by atoms with Gasteiger partial charge < -0.3 is 14.2 Å². The molecule has 2 fully saturated rings. The maximum absolute atomic E-state index is 8.98. The van der Waals surface area contributed by atoms with Crippen molar-refractivity contribution >= 4 is 11.8 Å².